The van der Waals surface area contributed by atoms with Crippen LogP contribution in [0.2, 0.25) is 15.1 Å². The van der Waals surface area contributed by atoms with Crippen LogP contribution in [-0.4, -0.2) is 85.4 Å². The average Bonchev–Trinajstić information content (AvgIpc) is 2.96. The number of hydrogen-bond donors (Lipinski definition) is 1. The second-order valence-corrected chi connectivity index (χ2v) is 12.7. The molecule has 4 rings (SSSR count). The first-order valence-corrected chi connectivity index (χ1v) is 15.4. The molecule has 2 heterocycles. The van der Waals surface area contributed by atoms with Gasteiger partial charge in [0.25, 0.3) is 5.91 Å². The molecular weight excluding hydrogens is 567 g/mol. The lowest BCUT2D eigenvalue weighted by atomic mass is 9.80. The summed E-state index contributed by atoms with van der Waals surface area (Å²) in [6.45, 7) is 3.19. The van der Waals surface area contributed by atoms with E-state index in [9.17, 15) is 9.59 Å². The van der Waals surface area contributed by atoms with Gasteiger partial charge >= 0.3 is 0 Å². The summed E-state index contributed by atoms with van der Waals surface area (Å²) in [6.07, 6.45) is 6.80. The molecule has 6 nitrogen and oxygen atoms in total. The number of rotatable bonds is 9. The standard InChI is InChI=1S/C31H41Cl3N4O2/c1-36(2)30(40)31(15-17-35-18-16-31)38-19-5-4-6-26(38)13-9-24(23-10-14-27(33)28(34)20-23)21-37(3)29(39)22-7-11-25(32)12-8-22/h7-8,10-12,14,20,24,26,35H,4-6,9,13,15-19,21H2,1-3H3. The summed E-state index contributed by atoms with van der Waals surface area (Å²) in [5.74, 6) is 0.231. The molecule has 0 spiro atoms. The zero-order chi connectivity index (χ0) is 28.9. The fraction of sp³-hybridized carbons (Fsp3) is 0.548. The minimum atomic E-state index is -0.458. The normalized spacial score (nSPS) is 20.1. The van der Waals surface area contributed by atoms with E-state index in [4.69, 9.17) is 34.8 Å². The molecule has 2 aromatic carbocycles. The van der Waals surface area contributed by atoms with Crippen molar-refractivity contribution >= 4 is 46.6 Å². The minimum Gasteiger partial charge on any atom is -0.347 e. The lowest BCUT2D eigenvalue weighted by Crippen LogP contribution is -2.66. The van der Waals surface area contributed by atoms with Crippen molar-refractivity contribution < 1.29 is 9.59 Å². The molecule has 2 amide bonds. The van der Waals surface area contributed by atoms with E-state index in [-0.39, 0.29) is 17.7 Å². The number of likely N-dealkylation sites (N-methyl/N-ethyl adjacent to an activating group) is 2. The van der Waals surface area contributed by atoms with Gasteiger partial charge in [-0.15, -0.1) is 0 Å². The lowest BCUT2D eigenvalue weighted by molar-refractivity contribution is -0.148. The van der Waals surface area contributed by atoms with Gasteiger partial charge in [-0.3, -0.25) is 14.5 Å². The molecule has 1 N–H and O–H groups in total. The molecule has 2 saturated heterocycles. The van der Waals surface area contributed by atoms with E-state index in [1.807, 2.05) is 39.3 Å². The summed E-state index contributed by atoms with van der Waals surface area (Å²) in [4.78, 5) is 33.0. The van der Waals surface area contributed by atoms with Crippen molar-refractivity contribution in [2.24, 2.45) is 0 Å². The summed E-state index contributed by atoms with van der Waals surface area (Å²) < 4.78 is 0. The number of likely N-dealkylation sites (tertiary alicyclic amines) is 1. The zero-order valence-corrected chi connectivity index (χ0v) is 26.0. The highest BCUT2D eigenvalue weighted by Gasteiger charge is 2.48. The summed E-state index contributed by atoms with van der Waals surface area (Å²) in [6, 6.07) is 13.1. The molecular formula is C31H41Cl3N4O2. The van der Waals surface area contributed by atoms with Gasteiger partial charge in [0.1, 0.15) is 5.54 Å². The first kappa shape index (κ1) is 31.1. The quantitative estimate of drug-likeness (QED) is 0.361. The van der Waals surface area contributed by atoms with E-state index in [0.29, 0.717) is 33.2 Å². The fourth-order valence-corrected chi connectivity index (χ4v) is 6.93. The first-order valence-electron chi connectivity index (χ1n) is 14.3. The molecule has 9 heteroatoms. The zero-order valence-electron chi connectivity index (χ0n) is 23.8. The Balaban J connectivity index is 1.56. The molecule has 2 aliphatic rings. The van der Waals surface area contributed by atoms with E-state index in [0.717, 1.165) is 70.1 Å². The van der Waals surface area contributed by atoms with Crippen molar-refractivity contribution in [1.29, 1.82) is 0 Å². The van der Waals surface area contributed by atoms with E-state index in [1.165, 1.54) is 0 Å². The van der Waals surface area contributed by atoms with Gasteiger partial charge in [0.15, 0.2) is 0 Å². The maximum absolute atomic E-state index is 13.6. The van der Waals surface area contributed by atoms with Crippen LogP contribution in [0.15, 0.2) is 42.5 Å². The predicted molar refractivity (Wildman–Crippen MR) is 165 cm³/mol. The second-order valence-electron chi connectivity index (χ2n) is 11.5. The van der Waals surface area contributed by atoms with Gasteiger partial charge < -0.3 is 15.1 Å². The van der Waals surface area contributed by atoms with Gasteiger partial charge in [0.05, 0.1) is 10.0 Å². The maximum Gasteiger partial charge on any atom is 0.253 e. The third-order valence-corrected chi connectivity index (χ3v) is 9.60. The molecule has 218 valence electrons. The largest absolute Gasteiger partial charge is 0.347 e. The van der Waals surface area contributed by atoms with E-state index < -0.39 is 5.54 Å². The van der Waals surface area contributed by atoms with Crippen LogP contribution < -0.4 is 5.32 Å². The van der Waals surface area contributed by atoms with Gasteiger partial charge in [-0.2, -0.15) is 0 Å². The van der Waals surface area contributed by atoms with Gasteiger partial charge in [-0.25, -0.2) is 0 Å². The van der Waals surface area contributed by atoms with Crippen LogP contribution in [0.3, 0.4) is 0 Å². The van der Waals surface area contributed by atoms with Crippen molar-refractivity contribution in [3.8, 4) is 0 Å². The smallest absolute Gasteiger partial charge is 0.253 e. The first-order chi connectivity index (χ1) is 19.1. The van der Waals surface area contributed by atoms with E-state index in [2.05, 4.69) is 10.2 Å². The topological polar surface area (TPSA) is 55.9 Å². The summed E-state index contributed by atoms with van der Waals surface area (Å²) in [7, 11) is 5.59. The van der Waals surface area contributed by atoms with Gasteiger partial charge in [0, 0.05) is 50.2 Å². The highest BCUT2D eigenvalue weighted by molar-refractivity contribution is 6.42. The summed E-state index contributed by atoms with van der Waals surface area (Å²) in [5.41, 5.74) is 1.21. The van der Waals surface area contributed by atoms with Crippen molar-refractivity contribution in [3.05, 3.63) is 68.7 Å². The molecule has 0 aliphatic carbocycles. The fourth-order valence-electron chi connectivity index (χ4n) is 6.49. The highest BCUT2D eigenvalue weighted by Crippen LogP contribution is 2.38. The number of carbonyl (C=O) groups excluding carboxylic acids is 2. The Bertz CT molecular complexity index is 1170. The third kappa shape index (κ3) is 7.14. The van der Waals surface area contributed by atoms with E-state index in [1.54, 1.807) is 34.1 Å². The number of nitrogens with zero attached hydrogens (tertiary/aromatic N) is 3. The number of nitrogens with one attached hydrogen (secondary N) is 1. The number of carbonyl (C=O) groups is 2. The highest BCUT2D eigenvalue weighted by atomic mass is 35.5. The van der Waals surface area contributed by atoms with Crippen LogP contribution in [0.25, 0.3) is 0 Å². The third-order valence-electron chi connectivity index (χ3n) is 8.61. The Hall–Kier alpha value is -1.83. The molecule has 2 fully saturated rings. The molecule has 2 atom stereocenters. The van der Waals surface area contributed by atoms with Gasteiger partial charge in [-0.05, 0) is 100 Å². The molecule has 0 saturated carbocycles. The molecule has 40 heavy (non-hydrogen) atoms. The van der Waals surface area contributed by atoms with Crippen LogP contribution >= 0.6 is 34.8 Å². The Kier molecular flexibility index (Phi) is 10.8. The Morgan fingerprint density at radius 3 is 2.35 bits per heavy atom. The SMILES string of the molecule is CN(C)C(=O)C1(N2CCCCC2CCC(CN(C)C(=O)c2ccc(Cl)cc2)c2ccc(Cl)c(Cl)c2)CCNCC1. The van der Waals surface area contributed by atoms with Crippen molar-refractivity contribution in [2.45, 2.75) is 62.4 Å². The van der Waals surface area contributed by atoms with Gasteiger partial charge in [0.2, 0.25) is 5.91 Å². The lowest BCUT2D eigenvalue weighted by Gasteiger charge is -2.51. The van der Waals surface area contributed by atoms with Gasteiger partial charge in [-0.1, -0.05) is 47.3 Å². The van der Waals surface area contributed by atoms with Crippen LogP contribution in [-0.2, 0) is 4.79 Å². The number of benzene rings is 2. The van der Waals surface area contributed by atoms with Crippen LogP contribution in [0.4, 0.5) is 0 Å². The number of halogens is 3. The van der Waals surface area contributed by atoms with Crippen LogP contribution in [0.1, 0.15) is 66.8 Å². The van der Waals surface area contributed by atoms with Crippen LogP contribution in [0.5, 0.6) is 0 Å². The Morgan fingerprint density at radius 2 is 1.70 bits per heavy atom. The molecule has 2 aliphatic heterocycles. The summed E-state index contributed by atoms with van der Waals surface area (Å²) >= 11 is 18.7. The molecule has 0 radical (unpaired) electrons. The Labute approximate surface area is 253 Å². The molecule has 2 aromatic rings. The summed E-state index contributed by atoms with van der Waals surface area (Å²) in [5, 5.41) is 5.08. The maximum atomic E-state index is 13.6. The minimum absolute atomic E-state index is 0.0498. The predicted octanol–water partition coefficient (Wildman–Crippen LogP) is 6.35. The van der Waals surface area contributed by atoms with Crippen molar-refractivity contribution in [1.82, 2.24) is 20.0 Å². The average molecular weight is 608 g/mol. The number of piperidine rings is 2. The number of amides is 2. The van der Waals surface area contributed by atoms with E-state index >= 15 is 0 Å². The van der Waals surface area contributed by atoms with Crippen LogP contribution in [0, 0.1) is 0 Å². The molecule has 0 bridgehead atoms. The van der Waals surface area contributed by atoms with Crippen molar-refractivity contribution in [2.75, 3.05) is 47.3 Å². The second kappa shape index (κ2) is 13.9. The molecule has 0 aromatic heterocycles. The number of hydrogen-bond acceptors (Lipinski definition) is 4. The molecule has 2 unspecified atom stereocenters. The monoisotopic (exact) mass is 606 g/mol. The Morgan fingerprint density at radius 1 is 1.00 bits per heavy atom. The van der Waals surface area contributed by atoms with Crippen molar-refractivity contribution in [3.63, 3.8) is 0 Å².